The number of nitrogens with zero attached hydrogens (tertiary/aromatic N) is 2. The summed E-state index contributed by atoms with van der Waals surface area (Å²) in [7, 11) is 0. The van der Waals surface area contributed by atoms with Gasteiger partial charge >= 0.3 is 0 Å². The normalized spacial score (nSPS) is 27.5. The molecule has 22 heavy (non-hydrogen) atoms. The van der Waals surface area contributed by atoms with Crippen molar-refractivity contribution in [2.24, 2.45) is 0 Å². The molecule has 1 aromatic rings. The van der Waals surface area contributed by atoms with Crippen LogP contribution in [-0.4, -0.2) is 47.5 Å². The van der Waals surface area contributed by atoms with Crippen molar-refractivity contribution in [1.82, 2.24) is 9.97 Å². The number of hydrogen-bond acceptors (Lipinski definition) is 6. The van der Waals surface area contributed by atoms with Crippen LogP contribution in [0.1, 0.15) is 39.5 Å². The van der Waals surface area contributed by atoms with E-state index in [-0.39, 0.29) is 24.3 Å². The fourth-order valence-electron chi connectivity index (χ4n) is 3.16. The quantitative estimate of drug-likeness (QED) is 0.841. The summed E-state index contributed by atoms with van der Waals surface area (Å²) < 4.78 is 11.4. The van der Waals surface area contributed by atoms with Crippen LogP contribution >= 0.6 is 0 Å². The number of aromatic nitrogens is 2. The van der Waals surface area contributed by atoms with E-state index in [1.165, 1.54) is 0 Å². The molecule has 2 aliphatic heterocycles. The zero-order valence-electron chi connectivity index (χ0n) is 13.4. The Kier molecular flexibility index (Phi) is 5.10. The average Bonchev–Trinajstić information content (AvgIpc) is 3.21. The van der Waals surface area contributed by atoms with Crippen LogP contribution in [0.2, 0.25) is 0 Å². The maximum atomic E-state index is 5.71. The van der Waals surface area contributed by atoms with E-state index in [2.05, 4.69) is 34.4 Å². The summed E-state index contributed by atoms with van der Waals surface area (Å²) in [6.45, 7) is 6.01. The second kappa shape index (κ2) is 7.24. The van der Waals surface area contributed by atoms with Crippen molar-refractivity contribution >= 4 is 11.6 Å². The van der Waals surface area contributed by atoms with Gasteiger partial charge in [0.1, 0.15) is 18.0 Å². The highest BCUT2D eigenvalue weighted by atomic mass is 16.5. The molecular formula is C16H26N4O2. The van der Waals surface area contributed by atoms with E-state index in [1.54, 1.807) is 6.33 Å². The molecule has 2 aliphatic rings. The van der Waals surface area contributed by atoms with Crippen LogP contribution in [0.5, 0.6) is 0 Å². The standard InChI is InChI=1S/C16H26N4O2/c1-11(13-5-3-7-21-13)19-15-9-16(18-10-17-15)20-12(2)14-6-4-8-22-14/h9-14H,3-8H2,1-2H3,(H2,17,18,19,20). The van der Waals surface area contributed by atoms with Gasteiger partial charge in [-0.05, 0) is 39.5 Å². The van der Waals surface area contributed by atoms with Crippen molar-refractivity contribution in [3.63, 3.8) is 0 Å². The van der Waals surface area contributed by atoms with Crippen LogP contribution < -0.4 is 10.6 Å². The summed E-state index contributed by atoms with van der Waals surface area (Å²) in [5.41, 5.74) is 0. The Morgan fingerprint density at radius 1 is 0.955 bits per heavy atom. The van der Waals surface area contributed by atoms with E-state index in [4.69, 9.17) is 9.47 Å². The lowest BCUT2D eigenvalue weighted by Crippen LogP contribution is -2.31. The minimum absolute atomic E-state index is 0.251. The first kappa shape index (κ1) is 15.5. The molecule has 3 heterocycles. The summed E-state index contributed by atoms with van der Waals surface area (Å²) in [6, 6.07) is 2.46. The maximum Gasteiger partial charge on any atom is 0.131 e. The molecule has 0 bridgehead atoms. The molecule has 0 aromatic carbocycles. The first-order valence-electron chi connectivity index (χ1n) is 8.30. The summed E-state index contributed by atoms with van der Waals surface area (Å²) in [5.74, 6) is 1.67. The summed E-state index contributed by atoms with van der Waals surface area (Å²) >= 11 is 0. The van der Waals surface area contributed by atoms with E-state index in [9.17, 15) is 0 Å². The van der Waals surface area contributed by atoms with E-state index >= 15 is 0 Å². The second-order valence-corrected chi connectivity index (χ2v) is 6.26. The summed E-state index contributed by atoms with van der Waals surface area (Å²) in [6.07, 6.45) is 6.66. The van der Waals surface area contributed by atoms with Crippen molar-refractivity contribution in [1.29, 1.82) is 0 Å². The molecule has 0 radical (unpaired) electrons. The van der Waals surface area contributed by atoms with Crippen molar-refractivity contribution in [2.75, 3.05) is 23.8 Å². The van der Waals surface area contributed by atoms with E-state index in [1.807, 2.05) is 6.07 Å². The van der Waals surface area contributed by atoms with Gasteiger partial charge in [0.2, 0.25) is 0 Å². The molecule has 4 atom stereocenters. The molecule has 0 saturated carbocycles. The molecular weight excluding hydrogens is 280 g/mol. The topological polar surface area (TPSA) is 68.3 Å². The smallest absolute Gasteiger partial charge is 0.131 e. The molecule has 1 aromatic heterocycles. The van der Waals surface area contributed by atoms with Crippen LogP contribution in [0.3, 0.4) is 0 Å². The first-order chi connectivity index (χ1) is 10.7. The van der Waals surface area contributed by atoms with Crippen LogP contribution in [0.25, 0.3) is 0 Å². The van der Waals surface area contributed by atoms with Gasteiger partial charge in [-0.3, -0.25) is 0 Å². The highest BCUT2D eigenvalue weighted by molar-refractivity contribution is 5.47. The average molecular weight is 306 g/mol. The molecule has 2 saturated heterocycles. The largest absolute Gasteiger partial charge is 0.376 e. The summed E-state index contributed by atoms with van der Waals surface area (Å²) in [5, 5.41) is 6.84. The molecule has 0 spiro atoms. The SMILES string of the molecule is CC(Nc1cc(NC(C)C2CCCO2)ncn1)C1CCCO1. The third-order valence-electron chi connectivity index (χ3n) is 4.46. The van der Waals surface area contributed by atoms with Gasteiger partial charge < -0.3 is 20.1 Å². The highest BCUT2D eigenvalue weighted by Gasteiger charge is 2.24. The Morgan fingerprint density at radius 2 is 1.45 bits per heavy atom. The Balaban J connectivity index is 1.57. The van der Waals surface area contributed by atoms with Gasteiger partial charge in [-0.1, -0.05) is 0 Å². The Labute approximate surface area is 132 Å². The molecule has 6 heteroatoms. The van der Waals surface area contributed by atoms with E-state index < -0.39 is 0 Å². The Hall–Kier alpha value is -1.40. The third kappa shape index (κ3) is 3.87. The van der Waals surface area contributed by atoms with Crippen LogP contribution in [0.4, 0.5) is 11.6 Å². The molecule has 0 aliphatic carbocycles. The lowest BCUT2D eigenvalue weighted by molar-refractivity contribution is 0.0994. The predicted octanol–water partition coefficient (Wildman–Crippen LogP) is 2.44. The highest BCUT2D eigenvalue weighted by Crippen LogP contribution is 2.21. The lowest BCUT2D eigenvalue weighted by atomic mass is 10.1. The molecule has 2 fully saturated rings. The number of ether oxygens (including phenoxy) is 2. The fourth-order valence-corrected chi connectivity index (χ4v) is 3.16. The lowest BCUT2D eigenvalue weighted by Gasteiger charge is -2.22. The minimum atomic E-state index is 0.251. The molecule has 3 rings (SSSR count). The number of rotatable bonds is 6. The van der Waals surface area contributed by atoms with Gasteiger partial charge in [0, 0.05) is 19.3 Å². The summed E-state index contributed by atoms with van der Waals surface area (Å²) in [4.78, 5) is 8.61. The first-order valence-corrected chi connectivity index (χ1v) is 8.30. The monoisotopic (exact) mass is 306 g/mol. The number of anilines is 2. The van der Waals surface area contributed by atoms with E-state index in [0.29, 0.717) is 0 Å². The van der Waals surface area contributed by atoms with Gasteiger partial charge in [0.15, 0.2) is 0 Å². The zero-order chi connectivity index (χ0) is 15.4. The maximum absolute atomic E-state index is 5.71. The Bertz CT molecular complexity index is 434. The van der Waals surface area contributed by atoms with Crippen molar-refractivity contribution in [2.45, 2.75) is 63.8 Å². The zero-order valence-corrected chi connectivity index (χ0v) is 13.4. The van der Waals surface area contributed by atoms with Crippen LogP contribution in [0, 0.1) is 0 Å². The minimum Gasteiger partial charge on any atom is -0.376 e. The van der Waals surface area contributed by atoms with Gasteiger partial charge in [-0.2, -0.15) is 0 Å². The fraction of sp³-hybridized carbons (Fsp3) is 0.750. The van der Waals surface area contributed by atoms with Gasteiger partial charge in [0.25, 0.3) is 0 Å². The van der Waals surface area contributed by atoms with Crippen LogP contribution in [0.15, 0.2) is 12.4 Å². The molecule has 122 valence electrons. The van der Waals surface area contributed by atoms with Crippen molar-refractivity contribution < 1.29 is 9.47 Å². The van der Waals surface area contributed by atoms with Gasteiger partial charge in [0.05, 0.1) is 24.3 Å². The molecule has 2 N–H and O–H groups in total. The third-order valence-corrected chi connectivity index (χ3v) is 4.46. The number of nitrogens with one attached hydrogen (secondary N) is 2. The van der Waals surface area contributed by atoms with Crippen molar-refractivity contribution in [3.8, 4) is 0 Å². The van der Waals surface area contributed by atoms with E-state index in [0.717, 1.165) is 50.5 Å². The molecule has 0 amide bonds. The number of hydrogen-bond donors (Lipinski definition) is 2. The van der Waals surface area contributed by atoms with Gasteiger partial charge in [-0.15, -0.1) is 0 Å². The molecule has 6 nitrogen and oxygen atoms in total. The molecule has 4 unspecified atom stereocenters. The second-order valence-electron chi connectivity index (χ2n) is 6.26. The van der Waals surface area contributed by atoms with Crippen molar-refractivity contribution in [3.05, 3.63) is 12.4 Å². The van der Waals surface area contributed by atoms with Gasteiger partial charge in [-0.25, -0.2) is 9.97 Å². The Morgan fingerprint density at radius 3 is 1.86 bits per heavy atom. The predicted molar refractivity (Wildman–Crippen MR) is 86.1 cm³/mol. The van der Waals surface area contributed by atoms with Crippen LogP contribution in [-0.2, 0) is 9.47 Å².